The van der Waals surface area contributed by atoms with Gasteiger partial charge in [0, 0.05) is 60.4 Å². The van der Waals surface area contributed by atoms with Crippen molar-refractivity contribution in [2.24, 2.45) is 0 Å². The quantitative estimate of drug-likeness (QED) is 0.159. The number of para-hydroxylation sites is 2. The summed E-state index contributed by atoms with van der Waals surface area (Å²) in [4.78, 5) is 7.80. The molecular formula is C68H74BN3S. The first kappa shape index (κ1) is 47.9. The molecule has 0 atom stereocenters. The Morgan fingerprint density at radius 3 is 1.52 bits per heavy atom. The van der Waals surface area contributed by atoms with Crippen molar-refractivity contribution in [3.63, 3.8) is 0 Å². The molecule has 0 N–H and O–H groups in total. The Morgan fingerprint density at radius 2 is 0.959 bits per heavy atom. The first-order valence-electron chi connectivity index (χ1n) is 27.1. The number of rotatable bonds is 5. The average molecular weight is 976 g/mol. The third-order valence-electron chi connectivity index (χ3n) is 17.9. The van der Waals surface area contributed by atoms with Crippen LogP contribution in [0.15, 0.2) is 146 Å². The van der Waals surface area contributed by atoms with E-state index in [1.165, 1.54) is 119 Å². The molecule has 5 heteroatoms. The van der Waals surface area contributed by atoms with Gasteiger partial charge in [-0.1, -0.05) is 158 Å². The number of benzene rings is 7. The zero-order valence-corrected chi connectivity index (χ0v) is 46.8. The fourth-order valence-electron chi connectivity index (χ4n) is 13.1. The summed E-state index contributed by atoms with van der Waals surface area (Å²) >= 11 is 2.05. The molecule has 2 aliphatic heterocycles. The Balaban J connectivity index is 1.21. The van der Waals surface area contributed by atoms with Crippen molar-refractivity contribution in [3.05, 3.63) is 179 Å². The van der Waals surface area contributed by atoms with E-state index in [0.717, 1.165) is 17.1 Å². The molecule has 0 saturated carbocycles. The van der Waals surface area contributed by atoms with Crippen LogP contribution in [0.4, 0.5) is 51.2 Å². The predicted octanol–water partition coefficient (Wildman–Crippen LogP) is 17.7. The van der Waals surface area contributed by atoms with Gasteiger partial charge in [-0.05, 0) is 187 Å². The second-order valence-electron chi connectivity index (χ2n) is 26.8. The van der Waals surface area contributed by atoms with Crippen LogP contribution in [0.5, 0.6) is 0 Å². The molecule has 73 heavy (non-hydrogen) atoms. The van der Waals surface area contributed by atoms with Gasteiger partial charge in [0.25, 0.3) is 6.71 Å². The second kappa shape index (κ2) is 16.2. The highest BCUT2D eigenvalue weighted by atomic mass is 32.1. The van der Waals surface area contributed by atoms with E-state index < -0.39 is 0 Å². The van der Waals surface area contributed by atoms with Crippen LogP contribution in [-0.2, 0) is 32.5 Å². The van der Waals surface area contributed by atoms with Crippen molar-refractivity contribution in [3.8, 4) is 0 Å². The van der Waals surface area contributed by atoms with E-state index in [9.17, 15) is 0 Å². The fourth-order valence-corrected chi connectivity index (χ4v) is 14.4. The minimum Gasteiger partial charge on any atom is -0.311 e. The van der Waals surface area contributed by atoms with Crippen LogP contribution in [0, 0.1) is 0 Å². The van der Waals surface area contributed by atoms with Crippen molar-refractivity contribution in [1.82, 2.24) is 0 Å². The SMILES string of the molecule is CC(C)(C)c1ccc(N2c3cc(N(c4ccccc4)c4ccccc4)ccc3B3c4sc5cc6c(cc5c4N(c4ccc5c(c4)C(C)(C)CCC5(C)C)c4cc(C(C)(C)C)cc2c43)C(C)(C)CCC6(C)C)cc1. The van der Waals surface area contributed by atoms with Crippen LogP contribution < -0.4 is 30.4 Å². The van der Waals surface area contributed by atoms with Gasteiger partial charge in [0.2, 0.25) is 0 Å². The molecule has 0 radical (unpaired) electrons. The van der Waals surface area contributed by atoms with Gasteiger partial charge < -0.3 is 14.7 Å². The Morgan fingerprint density at radius 1 is 0.452 bits per heavy atom. The lowest BCUT2D eigenvalue weighted by Gasteiger charge is -2.46. The number of nitrogens with zero attached hydrogens (tertiary/aromatic N) is 3. The highest BCUT2D eigenvalue weighted by Gasteiger charge is 2.48. The van der Waals surface area contributed by atoms with Crippen LogP contribution >= 0.6 is 11.3 Å². The normalized spacial score (nSPS) is 17.9. The summed E-state index contributed by atoms with van der Waals surface area (Å²) in [6, 6.07) is 56.7. The molecule has 0 fully saturated rings. The largest absolute Gasteiger partial charge is 0.311 e. The van der Waals surface area contributed by atoms with Gasteiger partial charge in [0.05, 0.1) is 5.69 Å². The molecule has 7 aromatic carbocycles. The molecule has 0 amide bonds. The van der Waals surface area contributed by atoms with E-state index >= 15 is 0 Å². The van der Waals surface area contributed by atoms with E-state index in [1.54, 1.807) is 0 Å². The average Bonchev–Trinajstić information content (AvgIpc) is 3.72. The molecule has 3 heterocycles. The molecule has 370 valence electrons. The maximum Gasteiger partial charge on any atom is 0.264 e. The van der Waals surface area contributed by atoms with Gasteiger partial charge >= 0.3 is 0 Å². The number of hydrogen-bond donors (Lipinski definition) is 0. The molecule has 3 nitrogen and oxygen atoms in total. The first-order valence-corrected chi connectivity index (χ1v) is 27.9. The van der Waals surface area contributed by atoms with Gasteiger partial charge in [0.1, 0.15) is 0 Å². The third-order valence-corrected chi connectivity index (χ3v) is 19.1. The van der Waals surface area contributed by atoms with Gasteiger partial charge in [-0.15, -0.1) is 11.3 Å². The van der Waals surface area contributed by atoms with Crippen LogP contribution in [0.25, 0.3) is 10.1 Å². The Kier molecular flexibility index (Phi) is 10.7. The number of hydrogen-bond acceptors (Lipinski definition) is 4. The maximum absolute atomic E-state index is 2.75. The van der Waals surface area contributed by atoms with Crippen molar-refractivity contribution < 1.29 is 0 Å². The Hall–Kier alpha value is -6.04. The van der Waals surface area contributed by atoms with Crippen molar-refractivity contribution >= 4 is 95.0 Å². The molecule has 0 unspecified atom stereocenters. The molecule has 1 aromatic heterocycles. The summed E-state index contributed by atoms with van der Waals surface area (Å²) in [5.41, 5.74) is 22.6. The van der Waals surface area contributed by atoms with Crippen LogP contribution in [-0.4, -0.2) is 6.71 Å². The molecule has 12 rings (SSSR count). The summed E-state index contributed by atoms with van der Waals surface area (Å²) in [5.74, 6) is 0. The minimum atomic E-state index is -0.137. The minimum absolute atomic E-state index is 0.00441. The number of fused-ring (bicyclic) bond motifs is 8. The standard InChI is InChI=1S/C68H74BN3S/c1-63(2,3)43-25-27-47(28-26-43)71-56-40-49(70(45-21-17-15-18-22-45)46-23-19-16-20-24-46)30-32-55(56)69-60-57(71)37-44(64(4,5)6)38-58(60)72(48-29-31-51-52(39-48)66(9,10)34-33-65(51,7)8)61-50-41-53-54(42-59(50)73-62(61)69)68(13,14)36-35-67(53,11)12/h15-32,37-42H,33-36H2,1-14H3. The van der Waals surface area contributed by atoms with Gasteiger partial charge in [0.15, 0.2) is 0 Å². The highest BCUT2D eigenvalue weighted by Crippen LogP contribution is 2.55. The van der Waals surface area contributed by atoms with Gasteiger partial charge in [-0.2, -0.15) is 0 Å². The summed E-state index contributed by atoms with van der Waals surface area (Å²) in [6.07, 6.45) is 4.73. The van der Waals surface area contributed by atoms with Crippen LogP contribution in [0.2, 0.25) is 0 Å². The summed E-state index contributed by atoms with van der Waals surface area (Å²) in [6.45, 7) is 33.9. The molecule has 0 bridgehead atoms. The molecule has 2 aliphatic carbocycles. The van der Waals surface area contributed by atoms with Crippen LogP contribution in [0.1, 0.15) is 156 Å². The lowest BCUT2D eigenvalue weighted by Crippen LogP contribution is -2.60. The maximum atomic E-state index is 2.75. The van der Waals surface area contributed by atoms with Gasteiger partial charge in [-0.25, -0.2) is 0 Å². The number of thiophene rings is 1. The lowest BCUT2D eigenvalue weighted by molar-refractivity contribution is 0.332. The Labute approximate surface area is 441 Å². The van der Waals surface area contributed by atoms with E-state index in [1.807, 2.05) is 11.3 Å². The summed E-state index contributed by atoms with van der Waals surface area (Å²) in [7, 11) is 0. The molecular weight excluding hydrogens is 902 g/mol. The van der Waals surface area contributed by atoms with E-state index in [4.69, 9.17) is 0 Å². The summed E-state index contributed by atoms with van der Waals surface area (Å²) < 4.78 is 2.82. The molecule has 0 saturated heterocycles. The number of anilines is 9. The highest BCUT2D eigenvalue weighted by molar-refractivity contribution is 7.33. The topological polar surface area (TPSA) is 9.72 Å². The van der Waals surface area contributed by atoms with Crippen LogP contribution in [0.3, 0.4) is 0 Å². The monoisotopic (exact) mass is 976 g/mol. The van der Waals surface area contributed by atoms with Crippen molar-refractivity contribution in [2.75, 3.05) is 14.7 Å². The first-order chi connectivity index (χ1) is 34.4. The molecule has 0 spiro atoms. The predicted molar refractivity (Wildman–Crippen MR) is 319 cm³/mol. The Bertz CT molecular complexity index is 3450. The second-order valence-corrected chi connectivity index (χ2v) is 27.9. The van der Waals surface area contributed by atoms with E-state index in [0.29, 0.717) is 0 Å². The van der Waals surface area contributed by atoms with E-state index in [-0.39, 0.29) is 39.2 Å². The van der Waals surface area contributed by atoms with Gasteiger partial charge in [-0.3, -0.25) is 0 Å². The third kappa shape index (κ3) is 7.64. The molecule has 4 aliphatic rings. The lowest BCUT2D eigenvalue weighted by atomic mass is 9.36. The zero-order chi connectivity index (χ0) is 51.4. The fraction of sp³-hybridized carbons (Fsp3) is 0.353. The summed E-state index contributed by atoms with van der Waals surface area (Å²) in [5, 5.41) is 1.38. The van der Waals surface area contributed by atoms with Crippen molar-refractivity contribution in [2.45, 2.75) is 155 Å². The van der Waals surface area contributed by atoms with E-state index in [2.05, 4.69) is 257 Å². The molecule has 8 aromatic rings. The smallest absolute Gasteiger partial charge is 0.264 e. The zero-order valence-electron chi connectivity index (χ0n) is 46.0. The van der Waals surface area contributed by atoms with Crippen molar-refractivity contribution in [1.29, 1.82) is 0 Å².